The Morgan fingerprint density at radius 2 is 1.79 bits per heavy atom. The number of benzene rings is 1. The van der Waals surface area contributed by atoms with Gasteiger partial charge in [-0.15, -0.1) is 0 Å². The second-order valence-corrected chi connectivity index (χ2v) is 7.23. The highest BCUT2D eigenvalue weighted by molar-refractivity contribution is 5.89. The Morgan fingerprint density at radius 3 is 2.46 bits per heavy atom. The van der Waals surface area contributed by atoms with Crippen molar-refractivity contribution in [3.05, 3.63) is 35.9 Å². The van der Waals surface area contributed by atoms with Crippen molar-refractivity contribution in [2.24, 2.45) is 5.92 Å². The second-order valence-electron chi connectivity index (χ2n) is 7.23. The van der Waals surface area contributed by atoms with Crippen molar-refractivity contribution >= 4 is 11.8 Å². The van der Waals surface area contributed by atoms with Crippen molar-refractivity contribution in [1.29, 1.82) is 0 Å². The van der Waals surface area contributed by atoms with Crippen LogP contribution in [0, 0.1) is 5.92 Å². The molecule has 1 N–H and O–H groups in total. The van der Waals surface area contributed by atoms with E-state index in [1.165, 1.54) is 25.7 Å². The largest absolute Gasteiger partial charge is 0.349 e. The fourth-order valence-electron chi connectivity index (χ4n) is 3.99. The van der Waals surface area contributed by atoms with Gasteiger partial charge in [0.15, 0.2) is 0 Å². The number of hydrogen-bond acceptors (Lipinski definition) is 2. The number of rotatable bonds is 4. The Kier molecular flexibility index (Phi) is 5.54. The molecule has 1 saturated heterocycles. The first-order valence-electron chi connectivity index (χ1n) is 9.30. The van der Waals surface area contributed by atoms with Crippen LogP contribution in [0.2, 0.25) is 0 Å². The van der Waals surface area contributed by atoms with Gasteiger partial charge in [0.1, 0.15) is 0 Å². The van der Waals surface area contributed by atoms with E-state index in [9.17, 15) is 9.59 Å². The molecule has 3 rings (SSSR count). The minimum absolute atomic E-state index is 0.0100. The summed E-state index contributed by atoms with van der Waals surface area (Å²) in [5.74, 6) is -0.0304. The highest BCUT2D eigenvalue weighted by atomic mass is 16.2. The molecule has 1 aromatic carbocycles. The summed E-state index contributed by atoms with van der Waals surface area (Å²) in [5.41, 5.74) is 1.09. The van der Waals surface area contributed by atoms with Crippen molar-refractivity contribution in [3.8, 4) is 0 Å². The van der Waals surface area contributed by atoms with E-state index in [1.54, 1.807) is 0 Å². The molecule has 4 nitrogen and oxygen atoms in total. The van der Waals surface area contributed by atoms with E-state index in [1.807, 2.05) is 42.2 Å². The molecule has 0 aromatic heterocycles. The molecule has 24 heavy (non-hydrogen) atoms. The quantitative estimate of drug-likeness (QED) is 0.861. The van der Waals surface area contributed by atoms with E-state index in [-0.39, 0.29) is 23.8 Å². The topological polar surface area (TPSA) is 49.4 Å². The molecule has 1 aliphatic carbocycles. The van der Waals surface area contributed by atoms with Gasteiger partial charge in [-0.1, -0.05) is 56.0 Å². The van der Waals surface area contributed by atoms with Gasteiger partial charge in [-0.2, -0.15) is 0 Å². The first-order chi connectivity index (χ1) is 11.6. The van der Waals surface area contributed by atoms with Crippen LogP contribution >= 0.6 is 0 Å². The van der Waals surface area contributed by atoms with Gasteiger partial charge in [0.2, 0.25) is 11.8 Å². The molecule has 0 radical (unpaired) electrons. The number of hydrogen-bond donors (Lipinski definition) is 1. The summed E-state index contributed by atoms with van der Waals surface area (Å²) >= 11 is 0. The number of carbonyl (C=O) groups excluding carboxylic acids is 2. The number of carbonyl (C=O) groups is 2. The molecule has 0 bridgehead atoms. The van der Waals surface area contributed by atoms with Crippen LogP contribution in [0.5, 0.6) is 0 Å². The van der Waals surface area contributed by atoms with Gasteiger partial charge in [-0.3, -0.25) is 9.59 Å². The zero-order valence-electron chi connectivity index (χ0n) is 14.5. The maximum Gasteiger partial charge on any atom is 0.225 e. The molecule has 2 aliphatic rings. The highest BCUT2D eigenvalue weighted by Gasteiger charge is 2.38. The SMILES string of the molecule is CC(NC(=O)C1CC(=O)N(C2CCCCCC2)C1)c1ccccc1. The first-order valence-corrected chi connectivity index (χ1v) is 9.30. The maximum absolute atomic E-state index is 12.6. The average Bonchev–Trinajstić information content (AvgIpc) is 2.81. The summed E-state index contributed by atoms with van der Waals surface area (Å²) < 4.78 is 0. The zero-order chi connectivity index (χ0) is 16.9. The average molecular weight is 328 g/mol. The number of nitrogens with zero attached hydrogens (tertiary/aromatic N) is 1. The van der Waals surface area contributed by atoms with Crippen LogP contribution in [-0.4, -0.2) is 29.3 Å². The van der Waals surface area contributed by atoms with Crippen LogP contribution in [0.4, 0.5) is 0 Å². The summed E-state index contributed by atoms with van der Waals surface area (Å²) in [6, 6.07) is 10.3. The van der Waals surface area contributed by atoms with Crippen molar-refractivity contribution in [1.82, 2.24) is 10.2 Å². The predicted octanol–water partition coefficient (Wildman–Crippen LogP) is 3.44. The molecule has 130 valence electrons. The van der Waals surface area contributed by atoms with Crippen LogP contribution in [-0.2, 0) is 9.59 Å². The Balaban J connectivity index is 1.57. The van der Waals surface area contributed by atoms with Crippen molar-refractivity contribution in [2.45, 2.75) is 64.0 Å². The van der Waals surface area contributed by atoms with Crippen LogP contribution in [0.3, 0.4) is 0 Å². The van der Waals surface area contributed by atoms with E-state index < -0.39 is 0 Å². The molecule has 1 aliphatic heterocycles. The van der Waals surface area contributed by atoms with Crippen LogP contribution in [0.1, 0.15) is 63.5 Å². The lowest BCUT2D eigenvalue weighted by molar-refractivity contribution is -0.130. The third-order valence-electron chi connectivity index (χ3n) is 5.45. The van der Waals surface area contributed by atoms with Gasteiger partial charge in [0.25, 0.3) is 0 Å². The normalized spacial score (nSPS) is 23.8. The van der Waals surface area contributed by atoms with Crippen LogP contribution < -0.4 is 5.32 Å². The van der Waals surface area contributed by atoms with E-state index in [2.05, 4.69) is 5.32 Å². The van der Waals surface area contributed by atoms with E-state index in [0.29, 0.717) is 19.0 Å². The molecular weight excluding hydrogens is 300 g/mol. The lowest BCUT2D eigenvalue weighted by atomic mass is 10.0. The Hall–Kier alpha value is -1.84. The summed E-state index contributed by atoms with van der Waals surface area (Å²) in [7, 11) is 0. The minimum atomic E-state index is -0.202. The third-order valence-corrected chi connectivity index (χ3v) is 5.45. The zero-order valence-corrected chi connectivity index (χ0v) is 14.5. The Labute approximate surface area is 144 Å². The fourth-order valence-corrected chi connectivity index (χ4v) is 3.99. The number of likely N-dealkylation sites (tertiary alicyclic amines) is 1. The molecule has 1 aromatic rings. The molecular formula is C20H28N2O2. The minimum Gasteiger partial charge on any atom is -0.349 e. The van der Waals surface area contributed by atoms with Crippen molar-refractivity contribution in [3.63, 3.8) is 0 Å². The maximum atomic E-state index is 12.6. The van der Waals surface area contributed by atoms with Crippen LogP contribution in [0.15, 0.2) is 30.3 Å². The molecule has 4 heteroatoms. The van der Waals surface area contributed by atoms with E-state index in [0.717, 1.165) is 18.4 Å². The smallest absolute Gasteiger partial charge is 0.225 e. The summed E-state index contributed by atoms with van der Waals surface area (Å²) in [6.45, 7) is 2.59. The van der Waals surface area contributed by atoms with Gasteiger partial charge < -0.3 is 10.2 Å². The van der Waals surface area contributed by atoms with Gasteiger partial charge >= 0.3 is 0 Å². The molecule has 0 spiro atoms. The molecule has 2 fully saturated rings. The van der Waals surface area contributed by atoms with Gasteiger partial charge in [-0.05, 0) is 25.3 Å². The lowest BCUT2D eigenvalue weighted by Gasteiger charge is -2.27. The Bertz CT molecular complexity index is 564. The molecule has 2 amide bonds. The van der Waals surface area contributed by atoms with E-state index >= 15 is 0 Å². The molecule has 2 unspecified atom stereocenters. The van der Waals surface area contributed by atoms with Crippen molar-refractivity contribution in [2.75, 3.05) is 6.54 Å². The second kappa shape index (κ2) is 7.82. The molecule has 2 atom stereocenters. The predicted molar refractivity (Wildman–Crippen MR) is 94.3 cm³/mol. The highest BCUT2D eigenvalue weighted by Crippen LogP contribution is 2.28. The number of nitrogens with one attached hydrogen (secondary N) is 1. The monoisotopic (exact) mass is 328 g/mol. The summed E-state index contributed by atoms with van der Waals surface area (Å²) in [4.78, 5) is 27.0. The van der Waals surface area contributed by atoms with Gasteiger partial charge in [-0.25, -0.2) is 0 Å². The first kappa shape index (κ1) is 17.0. The summed E-state index contributed by atoms with van der Waals surface area (Å²) in [5, 5.41) is 3.08. The third kappa shape index (κ3) is 3.97. The lowest BCUT2D eigenvalue weighted by Crippen LogP contribution is -2.38. The molecule has 1 saturated carbocycles. The standard InChI is InChI=1S/C20H28N2O2/c1-15(16-9-5-4-6-10-16)21-20(24)17-13-19(23)22(14-17)18-11-7-2-3-8-12-18/h4-6,9-10,15,17-18H,2-3,7-8,11-14H2,1H3,(H,21,24). The Morgan fingerprint density at radius 1 is 1.12 bits per heavy atom. The van der Waals surface area contributed by atoms with Crippen molar-refractivity contribution < 1.29 is 9.59 Å². The van der Waals surface area contributed by atoms with Gasteiger partial charge in [0.05, 0.1) is 12.0 Å². The summed E-state index contributed by atoms with van der Waals surface area (Å²) in [6.07, 6.45) is 7.52. The van der Waals surface area contributed by atoms with Gasteiger partial charge in [0, 0.05) is 19.0 Å². The fraction of sp³-hybridized carbons (Fsp3) is 0.600. The number of amides is 2. The van der Waals surface area contributed by atoms with E-state index in [4.69, 9.17) is 0 Å². The molecule has 1 heterocycles. The van der Waals surface area contributed by atoms with Crippen LogP contribution in [0.25, 0.3) is 0 Å².